The van der Waals surface area contributed by atoms with Crippen LogP contribution in [0.2, 0.25) is 0 Å². The maximum atomic E-state index is 11.3. The number of nitrogens with zero attached hydrogens (tertiary/aromatic N) is 1. The Balaban J connectivity index is 2.79. The molecular formula is C9H11NO5. The number of rotatable bonds is 4. The summed E-state index contributed by atoms with van der Waals surface area (Å²) in [6, 6.07) is 1.50. The third-order valence-corrected chi connectivity index (χ3v) is 1.89. The Labute approximate surface area is 86.1 Å². The van der Waals surface area contributed by atoms with E-state index in [1.54, 1.807) is 0 Å². The zero-order chi connectivity index (χ0) is 11.3. The van der Waals surface area contributed by atoms with Crippen molar-refractivity contribution in [3.05, 3.63) is 18.0 Å². The Kier molecular flexibility index (Phi) is 3.84. The highest BCUT2D eigenvalue weighted by atomic mass is 16.5. The Morgan fingerprint density at radius 3 is 2.67 bits per heavy atom. The summed E-state index contributed by atoms with van der Waals surface area (Å²) in [4.78, 5) is 22.4. The minimum Gasteiger partial charge on any atom is -0.469 e. The van der Waals surface area contributed by atoms with E-state index in [9.17, 15) is 9.59 Å². The van der Waals surface area contributed by atoms with Crippen molar-refractivity contribution in [1.29, 1.82) is 0 Å². The van der Waals surface area contributed by atoms with Crippen LogP contribution in [0.4, 0.5) is 0 Å². The van der Waals surface area contributed by atoms with Crippen molar-refractivity contribution in [3.63, 3.8) is 0 Å². The van der Waals surface area contributed by atoms with Gasteiger partial charge in [0.25, 0.3) is 0 Å². The van der Waals surface area contributed by atoms with E-state index in [1.165, 1.54) is 26.5 Å². The standard InChI is InChI=1S/C9H11NO5/c1-13-8(11)5-6(9(12)14-2)7-3-4-10-15-7/h3-4,6H,5H2,1-2H3/t6-/m1/s1. The third kappa shape index (κ3) is 2.80. The van der Waals surface area contributed by atoms with Gasteiger partial charge < -0.3 is 14.0 Å². The molecule has 0 aromatic carbocycles. The summed E-state index contributed by atoms with van der Waals surface area (Å²) in [6.07, 6.45) is 1.26. The van der Waals surface area contributed by atoms with Gasteiger partial charge in [0.15, 0.2) is 5.76 Å². The number of carbonyl (C=O) groups is 2. The van der Waals surface area contributed by atoms with Crippen LogP contribution < -0.4 is 0 Å². The van der Waals surface area contributed by atoms with E-state index < -0.39 is 17.9 Å². The van der Waals surface area contributed by atoms with Crippen LogP contribution in [0.5, 0.6) is 0 Å². The predicted molar refractivity (Wildman–Crippen MR) is 47.9 cm³/mol. The summed E-state index contributed by atoms with van der Waals surface area (Å²) in [5.41, 5.74) is 0. The highest BCUT2D eigenvalue weighted by Gasteiger charge is 2.28. The molecule has 0 fully saturated rings. The molecule has 0 bridgehead atoms. The molecule has 0 aliphatic rings. The monoisotopic (exact) mass is 213 g/mol. The smallest absolute Gasteiger partial charge is 0.317 e. The topological polar surface area (TPSA) is 78.6 Å². The lowest BCUT2D eigenvalue weighted by atomic mass is 10.0. The van der Waals surface area contributed by atoms with Crippen molar-refractivity contribution >= 4 is 11.9 Å². The minimum absolute atomic E-state index is 0.127. The van der Waals surface area contributed by atoms with Crippen LogP contribution in [0.1, 0.15) is 18.1 Å². The molecule has 15 heavy (non-hydrogen) atoms. The third-order valence-electron chi connectivity index (χ3n) is 1.89. The molecule has 0 saturated heterocycles. The van der Waals surface area contributed by atoms with Crippen LogP contribution in [0.15, 0.2) is 16.8 Å². The first-order valence-electron chi connectivity index (χ1n) is 4.24. The Morgan fingerprint density at radius 1 is 1.47 bits per heavy atom. The van der Waals surface area contributed by atoms with Gasteiger partial charge >= 0.3 is 11.9 Å². The summed E-state index contributed by atoms with van der Waals surface area (Å²) < 4.78 is 13.8. The van der Waals surface area contributed by atoms with Gasteiger partial charge in [-0.3, -0.25) is 9.59 Å². The molecule has 1 atom stereocenters. The lowest BCUT2D eigenvalue weighted by Crippen LogP contribution is -2.18. The molecule has 0 radical (unpaired) electrons. The van der Waals surface area contributed by atoms with E-state index in [4.69, 9.17) is 4.52 Å². The fourth-order valence-corrected chi connectivity index (χ4v) is 1.10. The summed E-state index contributed by atoms with van der Waals surface area (Å²) in [7, 11) is 2.49. The van der Waals surface area contributed by atoms with E-state index >= 15 is 0 Å². The van der Waals surface area contributed by atoms with Crippen molar-refractivity contribution in [3.8, 4) is 0 Å². The normalized spacial score (nSPS) is 11.9. The molecular weight excluding hydrogens is 202 g/mol. The fraction of sp³-hybridized carbons (Fsp3) is 0.444. The lowest BCUT2D eigenvalue weighted by molar-refractivity contribution is -0.149. The van der Waals surface area contributed by atoms with E-state index in [0.29, 0.717) is 0 Å². The molecule has 0 saturated carbocycles. The molecule has 0 aliphatic heterocycles. The second-order valence-corrected chi connectivity index (χ2v) is 2.77. The van der Waals surface area contributed by atoms with Gasteiger partial charge in [0.2, 0.25) is 0 Å². The van der Waals surface area contributed by atoms with Gasteiger partial charge in [0, 0.05) is 6.07 Å². The summed E-state index contributed by atoms with van der Waals surface area (Å²) in [6.45, 7) is 0. The minimum atomic E-state index is -0.801. The van der Waals surface area contributed by atoms with E-state index in [0.717, 1.165) is 0 Å². The quantitative estimate of drug-likeness (QED) is 0.677. The molecule has 0 N–H and O–H groups in total. The largest absolute Gasteiger partial charge is 0.469 e. The van der Waals surface area contributed by atoms with Gasteiger partial charge in [0.1, 0.15) is 5.92 Å². The van der Waals surface area contributed by atoms with Gasteiger partial charge in [-0.25, -0.2) is 0 Å². The van der Waals surface area contributed by atoms with Crippen LogP contribution >= 0.6 is 0 Å². The number of esters is 2. The zero-order valence-corrected chi connectivity index (χ0v) is 8.43. The molecule has 0 unspecified atom stereocenters. The lowest BCUT2D eigenvalue weighted by Gasteiger charge is -2.09. The Bertz CT molecular complexity index is 332. The average molecular weight is 213 g/mol. The van der Waals surface area contributed by atoms with Crippen LogP contribution in [-0.2, 0) is 19.1 Å². The van der Waals surface area contributed by atoms with Crippen LogP contribution in [-0.4, -0.2) is 31.3 Å². The molecule has 1 heterocycles. The van der Waals surface area contributed by atoms with Crippen LogP contribution in [0.25, 0.3) is 0 Å². The van der Waals surface area contributed by atoms with Gasteiger partial charge in [0.05, 0.1) is 26.8 Å². The van der Waals surface area contributed by atoms with Crippen LogP contribution in [0, 0.1) is 0 Å². The van der Waals surface area contributed by atoms with E-state index in [2.05, 4.69) is 14.6 Å². The van der Waals surface area contributed by atoms with Crippen molar-refractivity contribution in [2.24, 2.45) is 0 Å². The molecule has 82 valence electrons. The number of ether oxygens (including phenoxy) is 2. The summed E-state index contributed by atoms with van der Waals surface area (Å²) in [5, 5.41) is 3.46. The number of methoxy groups -OCH3 is 2. The fourth-order valence-electron chi connectivity index (χ4n) is 1.10. The maximum Gasteiger partial charge on any atom is 0.317 e. The molecule has 6 heteroatoms. The molecule has 1 rings (SSSR count). The number of hydrogen-bond donors (Lipinski definition) is 0. The second kappa shape index (κ2) is 5.14. The van der Waals surface area contributed by atoms with Crippen LogP contribution in [0.3, 0.4) is 0 Å². The number of hydrogen-bond acceptors (Lipinski definition) is 6. The maximum absolute atomic E-state index is 11.3. The van der Waals surface area contributed by atoms with Gasteiger partial charge in [-0.05, 0) is 0 Å². The second-order valence-electron chi connectivity index (χ2n) is 2.77. The molecule has 0 spiro atoms. The van der Waals surface area contributed by atoms with Gasteiger partial charge in [-0.1, -0.05) is 5.16 Å². The predicted octanol–water partition coefficient (Wildman–Crippen LogP) is 0.494. The molecule has 0 aliphatic carbocycles. The highest BCUT2D eigenvalue weighted by Crippen LogP contribution is 2.21. The first-order chi connectivity index (χ1) is 7.19. The zero-order valence-electron chi connectivity index (χ0n) is 8.43. The van der Waals surface area contributed by atoms with Gasteiger partial charge in [-0.15, -0.1) is 0 Å². The van der Waals surface area contributed by atoms with E-state index in [1.807, 2.05) is 0 Å². The van der Waals surface area contributed by atoms with Crippen molar-refractivity contribution < 1.29 is 23.6 Å². The Hall–Kier alpha value is -1.85. The van der Waals surface area contributed by atoms with Crippen molar-refractivity contribution in [2.45, 2.75) is 12.3 Å². The average Bonchev–Trinajstić information content (AvgIpc) is 2.77. The van der Waals surface area contributed by atoms with Crippen molar-refractivity contribution in [2.75, 3.05) is 14.2 Å². The first kappa shape index (κ1) is 11.2. The Morgan fingerprint density at radius 2 is 2.20 bits per heavy atom. The van der Waals surface area contributed by atoms with Crippen molar-refractivity contribution in [1.82, 2.24) is 5.16 Å². The summed E-state index contributed by atoms with van der Waals surface area (Å²) in [5.74, 6) is -1.59. The molecule has 0 amide bonds. The first-order valence-corrected chi connectivity index (χ1v) is 4.24. The van der Waals surface area contributed by atoms with E-state index in [-0.39, 0.29) is 12.2 Å². The molecule has 1 aromatic heterocycles. The number of carbonyl (C=O) groups excluding carboxylic acids is 2. The number of aromatic nitrogens is 1. The SMILES string of the molecule is COC(=O)C[C@@H](C(=O)OC)c1ccno1. The molecule has 6 nitrogen and oxygen atoms in total. The molecule has 1 aromatic rings. The summed E-state index contributed by atoms with van der Waals surface area (Å²) >= 11 is 0. The van der Waals surface area contributed by atoms with Gasteiger partial charge in [-0.2, -0.15) is 0 Å². The highest BCUT2D eigenvalue weighted by molar-refractivity contribution is 5.83.